The van der Waals surface area contributed by atoms with Crippen molar-refractivity contribution < 1.29 is 14.6 Å². The van der Waals surface area contributed by atoms with E-state index >= 15 is 0 Å². The summed E-state index contributed by atoms with van der Waals surface area (Å²) in [7, 11) is 0. The van der Waals surface area contributed by atoms with Crippen molar-refractivity contribution in [3.05, 3.63) is 32.3 Å². The number of aromatic nitrogens is 1. The highest BCUT2D eigenvalue weighted by molar-refractivity contribution is 9.11. The molecule has 3 N–H and O–H groups in total. The maximum absolute atomic E-state index is 10.7. The van der Waals surface area contributed by atoms with E-state index in [1.165, 1.54) is 0 Å². The number of nitrogens with two attached hydrogens (primary N) is 1. The summed E-state index contributed by atoms with van der Waals surface area (Å²) in [5, 5.41) is 9.89. The molecule has 0 fully saturated rings. The number of carboxylic acid groups (broad SMARTS) is 1. The number of rotatable bonds is 4. The molecular weight excluding hydrogens is 415 g/mol. The fraction of sp³-hybridized carbons (Fsp3) is 0.167. The zero-order valence-corrected chi connectivity index (χ0v) is 13.9. The van der Waals surface area contributed by atoms with E-state index in [9.17, 15) is 4.79 Å². The van der Waals surface area contributed by atoms with Gasteiger partial charge in [-0.2, -0.15) is 0 Å². The van der Waals surface area contributed by atoms with Gasteiger partial charge < -0.3 is 15.6 Å². The highest BCUT2D eigenvalue weighted by Crippen LogP contribution is 2.38. The Morgan fingerprint density at radius 1 is 1.45 bits per heavy atom. The second kappa shape index (κ2) is 6.26. The lowest BCUT2D eigenvalue weighted by molar-refractivity contribution is -0.139. The molecule has 1 aromatic carbocycles. The number of hydrogen-bond donors (Lipinski definition) is 2. The van der Waals surface area contributed by atoms with Crippen LogP contribution >= 0.6 is 43.5 Å². The molecule has 1 unspecified atom stereocenters. The third-order valence-electron chi connectivity index (χ3n) is 2.53. The number of hydrogen-bond acceptors (Lipinski definition) is 4. The molecule has 8 heteroatoms. The van der Waals surface area contributed by atoms with Crippen LogP contribution in [-0.4, -0.2) is 28.7 Å². The zero-order valence-electron chi connectivity index (χ0n) is 9.94. The number of fused-ring (bicyclic) bond motifs is 1. The van der Waals surface area contributed by atoms with Crippen molar-refractivity contribution in [3.8, 4) is 5.75 Å². The van der Waals surface area contributed by atoms with Crippen LogP contribution in [0.5, 0.6) is 5.75 Å². The molecule has 0 saturated carbocycles. The number of nitrogens with zero attached hydrogens (tertiary/aromatic N) is 1. The van der Waals surface area contributed by atoms with Gasteiger partial charge in [0.25, 0.3) is 0 Å². The molecule has 1 heterocycles. The summed E-state index contributed by atoms with van der Waals surface area (Å²) in [5.74, 6) is -0.726. The molecule has 0 radical (unpaired) electrons. The first-order valence-corrected chi connectivity index (χ1v) is 7.42. The third kappa shape index (κ3) is 3.22. The van der Waals surface area contributed by atoms with Crippen molar-refractivity contribution in [1.29, 1.82) is 0 Å². The minimum absolute atomic E-state index is 0.168. The smallest absolute Gasteiger partial charge is 0.324 e. The molecule has 2 rings (SSSR count). The minimum atomic E-state index is -1.13. The highest BCUT2D eigenvalue weighted by atomic mass is 79.9. The highest BCUT2D eigenvalue weighted by Gasteiger charge is 2.17. The van der Waals surface area contributed by atoms with E-state index in [0.29, 0.717) is 20.9 Å². The topological polar surface area (TPSA) is 85.4 Å². The molecule has 20 heavy (non-hydrogen) atoms. The van der Waals surface area contributed by atoms with Crippen molar-refractivity contribution in [2.24, 2.45) is 5.73 Å². The Hall–Kier alpha value is -0.890. The predicted octanol–water partition coefficient (Wildman–Crippen LogP) is 3.20. The van der Waals surface area contributed by atoms with Crippen LogP contribution in [-0.2, 0) is 4.79 Å². The fourth-order valence-corrected chi connectivity index (χ4v) is 3.09. The lowest BCUT2D eigenvalue weighted by atomic mass is 10.2. The number of carbonyl (C=O) groups is 1. The number of pyridine rings is 1. The van der Waals surface area contributed by atoms with Gasteiger partial charge in [-0.1, -0.05) is 27.5 Å². The Kier molecular flexibility index (Phi) is 4.85. The van der Waals surface area contributed by atoms with Crippen molar-refractivity contribution in [1.82, 2.24) is 4.98 Å². The number of halogens is 3. The third-order valence-corrected chi connectivity index (χ3v) is 3.98. The maximum atomic E-state index is 10.7. The van der Waals surface area contributed by atoms with Crippen LogP contribution in [0.15, 0.2) is 27.1 Å². The molecule has 0 aliphatic rings. The van der Waals surface area contributed by atoms with E-state index in [2.05, 4.69) is 36.8 Å². The lowest BCUT2D eigenvalue weighted by Gasteiger charge is -2.14. The van der Waals surface area contributed by atoms with Gasteiger partial charge in [0.05, 0.1) is 4.47 Å². The van der Waals surface area contributed by atoms with Gasteiger partial charge in [0.1, 0.15) is 23.3 Å². The van der Waals surface area contributed by atoms with E-state index in [1.807, 2.05) is 0 Å². The Balaban J connectivity index is 2.46. The van der Waals surface area contributed by atoms with E-state index in [4.69, 9.17) is 27.2 Å². The largest absolute Gasteiger partial charge is 0.488 e. The molecule has 1 atom stereocenters. The summed E-state index contributed by atoms with van der Waals surface area (Å²) >= 11 is 12.7. The predicted molar refractivity (Wildman–Crippen MR) is 83.3 cm³/mol. The van der Waals surface area contributed by atoms with Crippen LogP contribution in [0.4, 0.5) is 0 Å². The van der Waals surface area contributed by atoms with Gasteiger partial charge >= 0.3 is 5.97 Å². The first kappa shape index (κ1) is 15.5. The quantitative estimate of drug-likeness (QED) is 0.737. The minimum Gasteiger partial charge on any atom is -0.488 e. The first-order chi connectivity index (χ1) is 9.40. The van der Waals surface area contributed by atoms with Crippen LogP contribution in [0.3, 0.4) is 0 Å². The van der Waals surface area contributed by atoms with E-state index in [-0.39, 0.29) is 6.61 Å². The summed E-state index contributed by atoms with van der Waals surface area (Å²) in [6.45, 7) is -0.168. The van der Waals surface area contributed by atoms with Gasteiger partial charge in [-0.05, 0) is 34.1 Å². The number of benzene rings is 1. The van der Waals surface area contributed by atoms with Gasteiger partial charge in [0, 0.05) is 9.86 Å². The molecule has 0 amide bonds. The fourth-order valence-electron chi connectivity index (χ4n) is 1.55. The van der Waals surface area contributed by atoms with Gasteiger partial charge in [-0.25, -0.2) is 4.98 Å². The Labute approximate surface area is 136 Å². The van der Waals surface area contributed by atoms with Gasteiger partial charge in [0.2, 0.25) is 0 Å². The average Bonchev–Trinajstić information content (AvgIpc) is 2.37. The normalized spacial score (nSPS) is 12.4. The van der Waals surface area contributed by atoms with Crippen LogP contribution in [0.25, 0.3) is 10.9 Å². The van der Waals surface area contributed by atoms with Crippen molar-refractivity contribution in [3.63, 3.8) is 0 Å². The van der Waals surface area contributed by atoms with Crippen molar-refractivity contribution in [2.45, 2.75) is 6.04 Å². The standard InChI is InChI=1S/C12H9Br2ClN2O3/c13-6-3-7(14)11(20-4-8(16)12(18)19)10-5(6)1-2-9(15)17-10/h1-3,8H,4,16H2,(H,18,19). The first-order valence-electron chi connectivity index (χ1n) is 5.45. The molecular formula is C12H9Br2ClN2O3. The summed E-state index contributed by atoms with van der Waals surface area (Å²) in [6, 6.07) is 4.14. The summed E-state index contributed by atoms with van der Waals surface area (Å²) in [4.78, 5) is 14.9. The lowest BCUT2D eigenvalue weighted by Crippen LogP contribution is -2.36. The van der Waals surface area contributed by atoms with Gasteiger partial charge in [-0.15, -0.1) is 0 Å². The average molecular weight is 424 g/mol. The van der Waals surface area contributed by atoms with Crippen LogP contribution < -0.4 is 10.5 Å². The molecule has 0 spiro atoms. The zero-order chi connectivity index (χ0) is 14.9. The SMILES string of the molecule is NC(COc1c(Br)cc(Br)c2ccc(Cl)nc12)C(=O)O. The Bertz CT molecular complexity index is 681. The molecule has 1 aromatic heterocycles. The van der Waals surface area contributed by atoms with Crippen molar-refractivity contribution >= 4 is 60.3 Å². The summed E-state index contributed by atoms with van der Waals surface area (Å²) in [6.07, 6.45) is 0. The van der Waals surface area contributed by atoms with E-state index in [1.54, 1.807) is 18.2 Å². The Morgan fingerprint density at radius 3 is 2.80 bits per heavy atom. The molecule has 0 aliphatic carbocycles. The second-order valence-corrected chi connectivity index (χ2v) is 6.05. The monoisotopic (exact) mass is 422 g/mol. The molecule has 0 aliphatic heterocycles. The molecule has 106 valence electrons. The molecule has 0 saturated heterocycles. The summed E-state index contributed by atoms with van der Waals surface area (Å²) < 4.78 is 6.94. The van der Waals surface area contributed by atoms with E-state index < -0.39 is 12.0 Å². The number of aliphatic carboxylic acids is 1. The van der Waals surface area contributed by atoms with Crippen LogP contribution in [0.1, 0.15) is 0 Å². The molecule has 5 nitrogen and oxygen atoms in total. The van der Waals surface area contributed by atoms with Crippen LogP contribution in [0, 0.1) is 0 Å². The maximum Gasteiger partial charge on any atom is 0.324 e. The number of carboxylic acids is 1. The van der Waals surface area contributed by atoms with E-state index in [0.717, 1.165) is 9.86 Å². The molecule has 0 bridgehead atoms. The number of ether oxygens (including phenoxy) is 1. The van der Waals surface area contributed by atoms with Gasteiger partial charge in [0.15, 0.2) is 5.75 Å². The van der Waals surface area contributed by atoms with Crippen molar-refractivity contribution in [2.75, 3.05) is 6.61 Å². The summed E-state index contributed by atoms with van der Waals surface area (Å²) in [5.41, 5.74) is 5.95. The Morgan fingerprint density at radius 2 is 2.15 bits per heavy atom. The van der Waals surface area contributed by atoms with Gasteiger partial charge in [-0.3, -0.25) is 4.79 Å². The van der Waals surface area contributed by atoms with Crippen LogP contribution in [0.2, 0.25) is 5.15 Å². The molecule has 2 aromatic rings. The second-order valence-electron chi connectivity index (χ2n) is 3.96.